The fraction of sp³-hybridized carbons (Fsp3) is 0.273. The van der Waals surface area contributed by atoms with Crippen LogP contribution in [-0.4, -0.2) is 30.4 Å². The summed E-state index contributed by atoms with van der Waals surface area (Å²) in [6.45, 7) is 1.77. The standard InChI is InChI=1S/C11H12BNO4/c1-7(14)5-13-11(15)8-2-3-9-6-17-12(16)10(9)4-8/h2-4,16H,5-6H2,1H3,(H,13,15). The van der Waals surface area contributed by atoms with Gasteiger partial charge in [-0.15, -0.1) is 0 Å². The van der Waals surface area contributed by atoms with Gasteiger partial charge in [0, 0.05) is 5.56 Å². The van der Waals surface area contributed by atoms with Crippen LogP contribution in [0.4, 0.5) is 0 Å². The molecule has 6 heteroatoms. The van der Waals surface area contributed by atoms with Gasteiger partial charge >= 0.3 is 7.12 Å². The molecule has 5 nitrogen and oxygen atoms in total. The summed E-state index contributed by atoms with van der Waals surface area (Å²) in [5, 5.41) is 12.0. The third-order valence-electron chi connectivity index (χ3n) is 2.57. The highest BCUT2D eigenvalue weighted by molar-refractivity contribution is 6.61. The monoisotopic (exact) mass is 233 g/mol. The fourth-order valence-electron chi connectivity index (χ4n) is 1.66. The second-order valence-electron chi connectivity index (χ2n) is 3.96. The van der Waals surface area contributed by atoms with E-state index in [2.05, 4.69) is 5.32 Å². The van der Waals surface area contributed by atoms with Crippen LogP contribution in [0.2, 0.25) is 0 Å². The van der Waals surface area contributed by atoms with Crippen molar-refractivity contribution in [2.24, 2.45) is 0 Å². The number of carbonyl (C=O) groups is 2. The highest BCUT2D eigenvalue weighted by Gasteiger charge is 2.27. The third-order valence-corrected chi connectivity index (χ3v) is 2.57. The minimum atomic E-state index is -0.967. The maximum absolute atomic E-state index is 11.7. The molecule has 0 spiro atoms. The van der Waals surface area contributed by atoms with E-state index in [4.69, 9.17) is 4.65 Å². The molecule has 88 valence electrons. The van der Waals surface area contributed by atoms with Crippen molar-refractivity contribution in [3.63, 3.8) is 0 Å². The van der Waals surface area contributed by atoms with Crippen LogP contribution in [0.1, 0.15) is 22.8 Å². The predicted molar refractivity (Wildman–Crippen MR) is 61.9 cm³/mol. The van der Waals surface area contributed by atoms with Gasteiger partial charge in [-0.2, -0.15) is 0 Å². The molecule has 0 unspecified atom stereocenters. The van der Waals surface area contributed by atoms with Crippen molar-refractivity contribution in [2.75, 3.05) is 6.54 Å². The van der Waals surface area contributed by atoms with Gasteiger partial charge < -0.3 is 15.0 Å². The van der Waals surface area contributed by atoms with E-state index in [0.717, 1.165) is 5.56 Å². The first-order valence-electron chi connectivity index (χ1n) is 5.28. The highest BCUT2D eigenvalue weighted by Crippen LogP contribution is 2.11. The molecule has 0 saturated carbocycles. The number of hydrogen-bond acceptors (Lipinski definition) is 4. The Morgan fingerprint density at radius 3 is 3.00 bits per heavy atom. The van der Waals surface area contributed by atoms with Crippen LogP contribution in [0, 0.1) is 0 Å². The number of amides is 1. The minimum absolute atomic E-state index is 0.00890. The largest absolute Gasteiger partial charge is 0.491 e. The molecule has 1 aromatic rings. The van der Waals surface area contributed by atoms with E-state index in [1.165, 1.54) is 6.92 Å². The van der Waals surface area contributed by atoms with Gasteiger partial charge in [-0.05, 0) is 30.1 Å². The molecule has 17 heavy (non-hydrogen) atoms. The quantitative estimate of drug-likeness (QED) is 0.671. The number of hydrogen-bond donors (Lipinski definition) is 2. The molecular formula is C11H12BNO4. The van der Waals surface area contributed by atoms with Gasteiger partial charge in [-0.3, -0.25) is 9.59 Å². The molecule has 0 aliphatic carbocycles. The van der Waals surface area contributed by atoms with Crippen LogP contribution in [-0.2, 0) is 16.1 Å². The number of ketones is 1. The second kappa shape index (κ2) is 4.69. The van der Waals surface area contributed by atoms with E-state index in [9.17, 15) is 14.6 Å². The van der Waals surface area contributed by atoms with Crippen molar-refractivity contribution >= 4 is 24.3 Å². The lowest BCUT2D eigenvalue weighted by Gasteiger charge is -2.05. The predicted octanol–water partition coefficient (Wildman–Crippen LogP) is -0.777. The summed E-state index contributed by atoms with van der Waals surface area (Å²) in [6, 6.07) is 4.98. The van der Waals surface area contributed by atoms with Crippen molar-refractivity contribution in [3.8, 4) is 0 Å². The van der Waals surface area contributed by atoms with E-state index >= 15 is 0 Å². The van der Waals surface area contributed by atoms with Gasteiger partial charge in [-0.25, -0.2) is 0 Å². The van der Waals surface area contributed by atoms with Crippen molar-refractivity contribution in [1.29, 1.82) is 0 Å². The molecule has 1 aromatic carbocycles. The van der Waals surface area contributed by atoms with Gasteiger partial charge in [0.15, 0.2) is 0 Å². The Kier molecular flexibility index (Phi) is 3.26. The topological polar surface area (TPSA) is 75.6 Å². The molecule has 2 N–H and O–H groups in total. The minimum Gasteiger partial charge on any atom is -0.423 e. The first-order valence-corrected chi connectivity index (χ1v) is 5.28. The van der Waals surface area contributed by atoms with Crippen LogP contribution >= 0.6 is 0 Å². The first-order chi connectivity index (χ1) is 8.08. The normalized spacial score (nSPS) is 13.4. The molecule has 1 aliphatic heterocycles. The van der Waals surface area contributed by atoms with Gasteiger partial charge in [0.1, 0.15) is 5.78 Å². The zero-order chi connectivity index (χ0) is 12.4. The number of rotatable bonds is 3. The van der Waals surface area contributed by atoms with Crippen molar-refractivity contribution in [1.82, 2.24) is 5.32 Å². The maximum Gasteiger partial charge on any atom is 0.491 e. The summed E-state index contributed by atoms with van der Waals surface area (Å²) in [5.41, 5.74) is 1.90. The molecule has 0 saturated heterocycles. The lowest BCUT2D eigenvalue weighted by molar-refractivity contribution is -0.116. The van der Waals surface area contributed by atoms with Gasteiger partial charge in [0.05, 0.1) is 13.2 Å². The number of benzene rings is 1. The van der Waals surface area contributed by atoms with Crippen LogP contribution in [0.15, 0.2) is 18.2 Å². The summed E-state index contributed by atoms with van der Waals surface area (Å²) in [7, 11) is -0.967. The van der Waals surface area contributed by atoms with Crippen molar-refractivity contribution in [3.05, 3.63) is 29.3 Å². The third kappa shape index (κ3) is 2.54. The lowest BCUT2D eigenvalue weighted by atomic mass is 9.79. The summed E-state index contributed by atoms with van der Waals surface area (Å²) >= 11 is 0. The maximum atomic E-state index is 11.7. The average Bonchev–Trinajstić information content (AvgIpc) is 2.67. The summed E-state index contributed by atoms with van der Waals surface area (Å²) < 4.78 is 5.03. The SMILES string of the molecule is CC(=O)CNC(=O)c1ccc2c(c1)B(O)OC2. The molecule has 1 aliphatic rings. The smallest absolute Gasteiger partial charge is 0.423 e. The molecule has 1 amide bonds. The Hall–Kier alpha value is -1.66. The Labute approximate surface area is 98.9 Å². The summed E-state index contributed by atoms with van der Waals surface area (Å²) in [5.74, 6) is -0.440. The molecule has 1 heterocycles. The summed E-state index contributed by atoms with van der Waals surface area (Å²) in [6.07, 6.45) is 0. The highest BCUT2D eigenvalue weighted by atomic mass is 16.5. The zero-order valence-electron chi connectivity index (χ0n) is 9.40. The Morgan fingerprint density at radius 2 is 2.29 bits per heavy atom. The molecule has 0 atom stereocenters. The zero-order valence-corrected chi connectivity index (χ0v) is 9.40. The number of nitrogens with one attached hydrogen (secondary N) is 1. The first kappa shape index (κ1) is 11.8. The number of Topliss-reactive ketones (excluding diaryl/α,β-unsaturated/α-hetero) is 1. The lowest BCUT2D eigenvalue weighted by Crippen LogP contribution is -2.32. The Morgan fingerprint density at radius 1 is 1.53 bits per heavy atom. The average molecular weight is 233 g/mol. The van der Waals surface area contributed by atoms with E-state index in [1.807, 2.05) is 0 Å². The molecule has 0 fully saturated rings. The van der Waals surface area contributed by atoms with Crippen LogP contribution < -0.4 is 10.8 Å². The van der Waals surface area contributed by atoms with Gasteiger partial charge in [0.25, 0.3) is 5.91 Å². The van der Waals surface area contributed by atoms with Crippen LogP contribution in [0.25, 0.3) is 0 Å². The van der Waals surface area contributed by atoms with E-state index in [0.29, 0.717) is 17.6 Å². The van der Waals surface area contributed by atoms with E-state index in [-0.39, 0.29) is 18.2 Å². The van der Waals surface area contributed by atoms with Crippen molar-refractivity contribution < 1.29 is 19.3 Å². The number of carbonyl (C=O) groups excluding carboxylic acids is 2. The molecule has 0 aromatic heterocycles. The van der Waals surface area contributed by atoms with Crippen molar-refractivity contribution in [2.45, 2.75) is 13.5 Å². The van der Waals surface area contributed by atoms with Crippen LogP contribution in [0.5, 0.6) is 0 Å². The second-order valence-corrected chi connectivity index (χ2v) is 3.96. The number of fused-ring (bicyclic) bond motifs is 1. The van der Waals surface area contributed by atoms with Crippen LogP contribution in [0.3, 0.4) is 0 Å². The van der Waals surface area contributed by atoms with Gasteiger partial charge in [-0.1, -0.05) is 6.07 Å². The molecule has 0 bridgehead atoms. The molecular weight excluding hydrogens is 221 g/mol. The Balaban J connectivity index is 2.14. The van der Waals surface area contributed by atoms with E-state index in [1.54, 1.807) is 18.2 Å². The molecule has 0 radical (unpaired) electrons. The summed E-state index contributed by atoms with van der Waals surface area (Å²) in [4.78, 5) is 22.4. The van der Waals surface area contributed by atoms with Gasteiger partial charge in [0.2, 0.25) is 0 Å². The molecule has 2 rings (SSSR count). The Bertz CT molecular complexity index is 475. The fourth-order valence-corrected chi connectivity index (χ4v) is 1.66. The van der Waals surface area contributed by atoms with E-state index < -0.39 is 7.12 Å².